The first kappa shape index (κ1) is 18.7. The predicted octanol–water partition coefficient (Wildman–Crippen LogP) is 2.76. The lowest BCUT2D eigenvalue weighted by Crippen LogP contribution is -2.37. The molecule has 0 spiro atoms. The van der Waals surface area contributed by atoms with Crippen molar-refractivity contribution in [2.24, 2.45) is 4.99 Å². The van der Waals surface area contributed by atoms with Crippen molar-refractivity contribution in [3.63, 3.8) is 0 Å². The molecule has 0 amide bonds. The molecule has 0 saturated heterocycles. The Labute approximate surface area is 169 Å². The van der Waals surface area contributed by atoms with Crippen LogP contribution in [-0.4, -0.2) is 27.8 Å². The van der Waals surface area contributed by atoms with Crippen LogP contribution in [0.2, 0.25) is 0 Å². The van der Waals surface area contributed by atoms with Gasteiger partial charge in [0.2, 0.25) is 0 Å². The Bertz CT molecular complexity index is 929. The lowest BCUT2D eigenvalue weighted by atomic mass is 10.1. The number of hydrogen-bond donors (Lipinski definition) is 2. The minimum Gasteiger partial charge on any atom is -0.459 e. The van der Waals surface area contributed by atoms with Gasteiger partial charge >= 0.3 is 0 Å². The number of fused-ring (bicyclic) bond motifs is 2. The first-order valence-corrected chi connectivity index (χ1v) is 8.58. The molecule has 8 heteroatoms. The van der Waals surface area contributed by atoms with E-state index >= 15 is 0 Å². The average molecular weight is 466 g/mol. The maximum atomic E-state index is 5.93. The summed E-state index contributed by atoms with van der Waals surface area (Å²) in [7, 11) is 1.76. The third-order valence-electron chi connectivity index (χ3n) is 4.68. The van der Waals surface area contributed by atoms with Crippen LogP contribution in [0, 0.1) is 6.92 Å². The van der Waals surface area contributed by atoms with Crippen LogP contribution < -0.4 is 10.6 Å². The Morgan fingerprint density at radius 2 is 2.04 bits per heavy atom. The average Bonchev–Trinajstić information content (AvgIpc) is 3.32. The highest BCUT2D eigenvalue weighted by Crippen LogP contribution is 2.24. The van der Waals surface area contributed by atoms with E-state index in [-0.39, 0.29) is 24.0 Å². The second kappa shape index (κ2) is 8.07. The van der Waals surface area contributed by atoms with E-state index < -0.39 is 0 Å². The molecule has 1 aliphatic rings. The Kier molecular flexibility index (Phi) is 5.80. The van der Waals surface area contributed by atoms with Gasteiger partial charge in [-0.05, 0) is 19.4 Å². The fourth-order valence-electron chi connectivity index (χ4n) is 3.28. The number of nitrogens with zero attached hydrogens (tertiary/aromatic N) is 4. The minimum atomic E-state index is 0. The van der Waals surface area contributed by atoms with E-state index in [1.807, 2.05) is 18.2 Å². The molecular weight excluding hydrogens is 443 g/mol. The van der Waals surface area contributed by atoms with Crippen LogP contribution in [0.5, 0.6) is 0 Å². The van der Waals surface area contributed by atoms with Gasteiger partial charge in [-0.1, -0.05) is 18.2 Å². The number of rotatable bonds is 4. The molecule has 0 unspecified atom stereocenters. The predicted molar refractivity (Wildman–Crippen MR) is 112 cm³/mol. The van der Waals surface area contributed by atoms with Gasteiger partial charge in [0, 0.05) is 31.0 Å². The molecule has 0 atom stereocenters. The number of aromatic nitrogens is 3. The van der Waals surface area contributed by atoms with Gasteiger partial charge in [-0.25, -0.2) is 0 Å². The van der Waals surface area contributed by atoms with Gasteiger partial charge in [0.1, 0.15) is 17.2 Å². The summed E-state index contributed by atoms with van der Waals surface area (Å²) >= 11 is 0. The molecule has 1 aliphatic heterocycles. The van der Waals surface area contributed by atoms with E-state index in [0.29, 0.717) is 13.1 Å². The van der Waals surface area contributed by atoms with Crippen LogP contribution in [0.1, 0.15) is 29.4 Å². The molecule has 0 saturated carbocycles. The number of furan rings is 1. The molecule has 0 fully saturated rings. The van der Waals surface area contributed by atoms with Gasteiger partial charge in [-0.2, -0.15) is 0 Å². The van der Waals surface area contributed by atoms with E-state index in [1.165, 1.54) is 0 Å². The van der Waals surface area contributed by atoms with Crippen molar-refractivity contribution in [3.8, 4) is 0 Å². The van der Waals surface area contributed by atoms with Gasteiger partial charge in [-0.3, -0.25) is 4.99 Å². The summed E-state index contributed by atoms with van der Waals surface area (Å²) in [5, 5.41) is 16.2. The summed E-state index contributed by atoms with van der Waals surface area (Å²) in [6.45, 7) is 4.27. The summed E-state index contributed by atoms with van der Waals surface area (Å²) in [4.78, 5) is 4.28. The van der Waals surface area contributed by atoms with Crippen molar-refractivity contribution in [2.45, 2.75) is 39.4 Å². The third-order valence-corrected chi connectivity index (χ3v) is 4.68. The molecular formula is C18H23IN6O. The fraction of sp³-hybridized carbons (Fsp3) is 0.389. The van der Waals surface area contributed by atoms with E-state index in [2.05, 4.69) is 43.4 Å². The molecule has 3 heterocycles. The Morgan fingerprint density at radius 1 is 1.23 bits per heavy atom. The fourth-order valence-corrected chi connectivity index (χ4v) is 3.28. The Balaban J connectivity index is 0.00000196. The van der Waals surface area contributed by atoms with Crippen LogP contribution in [0.15, 0.2) is 33.7 Å². The molecule has 26 heavy (non-hydrogen) atoms. The maximum Gasteiger partial charge on any atom is 0.191 e. The monoisotopic (exact) mass is 466 g/mol. The first-order chi connectivity index (χ1) is 12.3. The molecule has 4 rings (SSSR count). The van der Waals surface area contributed by atoms with Crippen molar-refractivity contribution in [2.75, 3.05) is 7.05 Å². The van der Waals surface area contributed by atoms with E-state index in [1.54, 1.807) is 7.05 Å². The van der Waals surface area contributed by atoms with Crippen LogP contribution in [0.25, 0.3) is 11.0 Å². The summed E-state index contributed by atoms with van der Waals surface area (Å²) in [5.41, 5.74) is 2.08. The number of nitrogens with one attached hydrogen (secondary N) is 2. The summed E-state index contributed by atoms with van der Waals surface area (Å²) in [6.07, 6.45) is 2.17. The quantitative estimate of drug-likeness (QED) is 0.351. The molecule has 7 nitrogen and oxygen atoms in total. The number of halogens is 1. The number of guanidine groups is 1. The second-order valence-corrected chi connectivity index (χ2v) is 6.21. The van der Waals surface area contributed by atoms with E-state index in [4.69, 9.17) is 4.42 Å². The van der Waals surface area contributed by atoms with E-state index in [9.17, 15) is 0 Å². The number of hydrogen-bond acceptors (Lipinski definition) is 4. The summed E-state index contributed by atoms with van der Waals surface area (Å²) in [5.74, 6) is 3.68. The number of aryl methyl sites for hydroxylation is 2. The van der Waals surface area contributed by atoms with Gasteiger partial charge in [0.05, 0.1) is 13.1 Å². The zero-order valence-electron chi connectivity index (χ0n) is 15.0. The lowest BCUT2D eigenvalue weighted by Gasteiger charge is -2.11. The highest BCUT2D eigenvalue weighted by Gasteiger charge is 2.17. The summed E-state index contributed by atoms with van der Waals surface area (Å²) in [6, 6.07) is 8.08. The van der Waals surface area contributed by atoms with Crippen LogP contribution in [0.3, 0.4) is 0 Å². The van der Waals surface area contributed by atoms with Gasteiger partial charge < -0.3 is 19.6 Å². The van der Waals surface area contributed by atoms with Crippen LogP contribution in [-0.2, 0) is 26.1 Å². The SMILES string of the molecule is CN=C(NCc1oc2ccccc2c1C)NCc1nnc2n1CCC2.I. The number of para-hydroxylation sites is 1. The Morgan fingerprint density at radius 3 is 2.85 bits per heavy atom. The van der Waals surface area contributed by atoms with Gasteiger partial charge in [-0.15, -0.1) is 34.2 Å². The zero-order chi connectivity index (χ0) is 17.2. The molecule has 0 bridgehead atoms. The highest BCUT2D eigenvalue weighted by atomic mass is 127. The second-order valence-electron chi connectivity index (χ2n) is 6.21. The molecule has 0 aliphatic carbocycles. The third kappa shape index (κ3) is 3.55. The minimum absolute atomic E-state index is 0. The molecule has 2 aromatic heterocycles. The van der Waals surface area contributed by atoms with E-state index in [0.717, 1.165) is 59.3 Å². The standard InChI is InChI=1S/C18H22N6O.HI/c1-12-13-6-3-4-7-14(13)25-15(12)10-20-18(19-2)21-11-17-23-22-16-8-5-9-24(16)17;/h3-4,6-7H,5,8-11H2,1-2H3,(H2,19,20,21);1H. The molecule has 0 radical (unpaired) electrons. The lowest BCUT2D eigenvalue weighted by molar-refractivity contribution is 0.534. The molecule has 1 aromatic carbocycles. The maximum absolute atomic E-state index is 5.93. The van der Waals surface area contributed by atoms with Crippen LogP contribution >= 0.6 is 24.0 Å². The Hall–Kier alpha value is -2.10. The summed E-state index contributed by atoms with van der Waals surface area (Å²) < 4.78 is 8.12. The zero-order valence-corrected chi connectivity index (χ0v) is 17.3. The molecule has 3 aromatic rings. The molecule has 138 valence electrons. The normalized spacial score (nSPS) is 13.5. The van der Waals surface area contributed by atoms with Gasteiger partial charge in [0.15, 0.2) is 11.8 Å². The van der Waals surface area contributed by atoms with Gasteiger partial charge in [0.25, 0.3) is 0 Å². The highest BCUT2D eigenvalue weighted by molar-refractivity contribution is 14.0. The van der Waals surface area contributed by atoms with Crippen molar-refractivity contribution < 1.29 is 4.42 Å². The van der Waals surface area contributed by atoms with Crippen molar-refractivity contribution in [1.29, 1.82) is 0 Å². The largest absolute Gasteiger partial charge is 0.459 e. The number of aliphatic imine (C=N–C) groups is 1. The van der Waals surface area contributed by atoms with Crippen LogP contribution in [0.4, 0.5) is 0 Å². The van der Waals surface area contributed by atoms with Crippen molar-refractivity contribution in [3.05, 3.63) is 47.2 Å². The molecule has 2 N–H and O–H groups in total. The number of benzene rings is 1. The van der Waals surface area contributed by atoms with Crippen molar-refractivity contribution in [1.82, 2.24) is 25.4 Å². The first-order valence-electron chi connectivity index (χ1n) is 8.58. The van der Waals surface area contributed by atoms with Crippen molar-refractivity contribution >= 4 is 40.9 Å². The smallest absolute Gasteiger partial charge is 0.191 e. The topological polar surface area (TPSA) is 80.3 Å².